The van der Waals surface area contributed by atoms with Crippen LogP contribution in [0, 0.1) is 39.9 Å². The van der Waals surface area contributed by atoms with Gasteiger partial charge in [0.25, 0.3) is 5.92 Å². The number of hydrogen-bond acceptors (Lipinski definition) is 11. The first kappa shape index (κ1) is 77.2. The smallest absolute Gasteiger partial charge is 0.296 e. The summed E-state index contributed by atoms with van der Waals surface area (Å²) in [4.78, 5) is 2.50. The van der Waals surface area contributed by atoms with Gasteiger partial charge in [-0.15, -0.1) is 20.4 Å². The SMILES string of the molecule is CCC(C)(C)C1CCCCc2c(nnn2C(C)(C)CC)C1(F)F.CCC(C)(C)C1[C@H]2CCc3nnn(C(C)(C)CC)c3CC[C@@H]12.CCC(C)(C)N1CCc2nnn(C(C)(C)CC)c2C(OC)C(OC)C1.CCC(C)(C)n1nnc2c1CCCCCC2(F)C(C)(C)CC. The Bertz CT molecular complexity index is 2960. The molecule has 9 rings (SSSR count). The van der Waals surface area contributed by atoms with Crippen molar-refractivity contribution in [3.63, 3.8) is 0 Å². The van der Waals surface area contributed by atoms with Crippen molar-refractivity contribution in [1.29, 1.82) is 0 Å². The molecule has 0 amide bonds. The molecule has 0 saturated heterocycles. The van der Waals surface area contributed by atoms with Crippen molar-refractivity contribution in [2.75, 3.05) is 27.3 Å². The van der Waals surface area contributed by atoms with Gasteiger partial charge < -0.3 is 9.47 Å². The van der Waals surface area contributed by atoms with E-state index in [0.717, 1.165) is 144 Å². The van der Waals surface area contributed by atoms with Gasteiger partial charge in [-0.1, -0.05) is 143 Å². The molecule has 4 aromatic rings. The second-order valence-electron chi connectivity index (χ2n) is 33.4. The van der Waals surface area contributed by atoms with Crippen LogP contribution in [-0.4, -0.2) is 104 Å². The van der Waals surface area contributed by atoms with Crippen molar-refractivity contribution in [1.82, 2.24) is 64.9 Å². The highest BCUT2D eigenvalue weighted by molar-refractivity contribution is 5.25. The van der Waals surface area contributed by atoms with Crippen LogP contribution in [-0.2, 0) is 75.3 Å². The number of ether oxygens (including phenoxy) is 2. The number of nitrogens with zero attached hydrogens (tertiary/aromatic N) is 13. The van der Waals surface area contributed by atoms with Crippen molar-refractivity contribution in [3.05, 3.63) is 45.6 Å². The molecule has 15 nitrogen and oxygen atoms in total. The van der Waals surface area contributed by atoms with Crippen LogP contribution in [0.5, 0.6) is 0 Å². The molecule has 0 N–H and O–H groups in total. The van der Waals surface area contributed by atoms with Gasteiger partial charge in [-0.25, -0.2) is 23.1 Å². The number of rotatable bonds is 18. The number of aryl methyl sites for hydroxylation is 1. The molecule has 0 aromatic carbocycles. The maximum Gasteiger partial charge on any atom is 0.296 e. The average Bonchev–Trinajstić information content (AvgIpc) is 1.55. The predicted molar refractivity (Wildman–Crippen MR) is 368 cm³/mol. The third kappa shape index (κ3) is 15.9. The van der Waals surface area contributed by atoms with Gasteiger partial charge in [0.1, 0.15) is 17.9 Å². The van der Waals surface area contributed by atoms with Crippen molar-refractivity contribution >= 4 is 0 Å². The van der Waals surface area contributed by atoms with Crippen LogP contribution in [0.4, 0.5) is 13.2 Å². The quantitative estimate of drug-likeness (QED) is 0.0939. The number of fused-ring (bicyclic) bond motifs is 5. The first-order valence-corrected chi connectivity index (χ1v) is 36.5. The molecule has 4 aromatic heterocycles. The molecule has 5 unspecified atom stereocenters. The van der Waals surface area contributed by atoms with Crippen LogP contribution >= 0.6 is 0 Å². The number of hydrogen-bond donors (Lipinski definition) is 0. The Labute approximate surface area is 556 Å². The predicted octanol–water partition coefficient (Wildman–Crippen LogP) is 18.2. The third-order valence-electron chi connectivity index (χ3n) is 24.9. The zero-order chi connectivity index (χ0) is 69.0. The van der Waals surface area contributed by atoms with Crippen molar-refractivity contribution in [2.45, 2.75) is 359 Å². The highest BCUT2D eigenvalue weighted by atomic mass is 19.3. The summed E-state index contributed by atoms with van der Waals surface area (Å²) in [6.07, 6.45) is 20.9. The fourth-order valence-corrected chi connectivity index (χ4v) is 15.0. The highest BCUT2D eigenvalue weighted by Crippen LogP contribution is 2.62. The molecule has 0 bridgehead atoms. The topological polar surface area (TPSA) is 145 Å². The molecular formula is C74H132F3N13O2. The highest BCUT2D eigenvalue weighted by Gasteiger charge is 2.57. The molecule has 4 aliphatic carbocycles. The molecule has 1 saturated carbocycles. The van der Waals surface area contributed by atoms with E-state index in [2.05, 4.69) is 173 Å². The van der Waals surface area contributed by atoms with E-state index < -0.39 is 28.3 Å². The Hall–Kier alpha value is -3.77. The fourth-order valence-electron chi connectivity index (χ4n) is 15.0. The normalized spacial score (nSPS) is 24.4. The first-order chi connectivity index (χ1) is 42.8. The summed E-state index contributed by atoms with van der Waals surface area (Å²) in [6, 6.07) is 0. The number of aromatic nitrogens is 12. The van der Waals surface area contributed by atoms with Crippen molar-refractivity contribution in [3.8, 4) is 0 Å². The molecule has 1 fully saturated rings. The monoisotopic (exact) mass is 1290 g/mol. The van der Waals surface area contributed by atoms with Gasteiger partial charge >= 0.3 is 0 Å². The van der Waals surface area contributed by atoms with E-state index in [1.54, 1.807) is 18.9 Å². The van der Waals surface area contributed by atoms with Gasteiger partial charge in [0, 0.05) is 50.6 Å². The van der Waals surface area contributed by atoms with E-state index in [9.17, 15) is 0 Å². The van der Waals surface area contributed by atoms with E-state index in [1.807, 2.05) is 53.1 Å². The van der Waals surface area contributed by atoms with Gasteiger partial charge in [-0.3, -0.25) is 4.90 Å². The molecule has 5 heterocycles. The largest absolute Gasteiger partial charge is 0.377 e. The van der Waals surface area contributed by atoms with E-state index in [1.165, 1.54) is 37.1 Å². The summed E-state index contributed by atoms with van der Waals surface area (Å²) in [7, 11) is 3.53. The molecule has 526 valence electrons. The zero-order valence-corrected chi connectivity index (χ0v) is 63.2. The van der Waals surface area contributed by atoms with Gasteiger partial charge in [0.05, 0.1) is 56.3 Å². The Morgan fingerprint density at radius 1 is 0.446 bits per heavy atom. The summed E-state index contributed by atoms with van der Waals surface area (Å²) in [5.41, 5.74) is 5.01. The van der Waals surface area contributed by atoms with Crippen LogP contribution in [0.1, 0.15) is 327 Å². The van der Waals surface area contributed by atoms with Gasteiger partial charge in [-0.2, -0.15) is 8.78 Å². The maximum atomic E-state index is 16.2. The number of methoxy groups -OCH3 is 2. The first-order valence-electron chi connectivity index (χ1n) is 36.5. The summed E-state index contributed by atoms with van der Waals surface area (Å²) in [5, 5.41) is 35.0. The van der Waals surface area contributed by atoms with E-state index in [4.69, 9.17) is 9.47 Å². The molecule has 0 spiro atoms. The lowest BCUT2D eigenvalue weighted by molar-refractivity contribution is -0.120. The van der Waals surface area contributed by atoms with E-state index in [0.29, 0.717) is 36.1 Å². The summed E-state index contributed by atoms with van der Waals surface area (Å²) < 4.78 is 66.8. The van der Waals surface area contributed by atoms with Crippen molar-refractivity contribution in [2.24, 2.45) is 39.9 Å². The van der Waals surface area contributed by atoms with Crippen LogP contribution in [0.25, 0.3) is 0 Å². The molecular weight excluding hydrogens is 1160 g/mol. The van der Waals surface area contributed by atoms with Gasteiger partial charge in [0.15, 0.2) is 11.4 Å². The standard InChI is InChI=1S/C19H36N4O2.C19H33N3.C18H31F2N3.C18H32FN3/c1-9-18(3,4)22-12-11-14-16(17(25-8)15(13-22)24-7)23(21-20-14)19(5,6)10-2;1-7-18(3,4)17-13-9-11-15-16(12-10-14(13)17)22(21-20-15)19(5,6)8-2;1-7-16(3,4)14-12-10-9-11-13-15(18(14,19)20)21-22-23(13)17(5,6)8-2;1-7-16(3,4)18(19)13-11-9-10-12-14-15(18)20-21-22(14)17(5,6)8-2/h15,17H,9-13H2,1-8H3;13-14,17H,7-12H2,1-6H3;14H,7-12H2,1-6H3;7-13H2,1-6H3/t;13-,14+,17?;;/m.0../s1. The Kier molecular flexibility index (Phi) is 25.1. The molecule has 92 heavy (non-hydrogen) atoms. The van der Waals surface area contributed by atoms with Crippen molar-refractivity contribution < 1.29 is 22.6 Å². The minimum absolute atomic E-state index is 0.0558. The summed E-state index contributed by atoms with van der Waals surface area (Å²) in [6.45, 7) is 53.9. The molecule has 0 radical (unpaired) electrons. The van der Waals surface area contributed by atoms with Gasteiger partial charge in [0.2, 0.25) is 0 Å². The average molecular weight is 1290 g/mol. The summed E-state index contributed by atoms with van der Waals surface area (Å²) >= 11 is 0. The van der Waals surface area contributed by atoms with Crippen LogP contribution < -0.4 is 0 Å². The fraction of sp³-hybridized carbons (Fsp3) is 0.892. The molecule has 1 aliphatic heterocycles. The van der Waals surface area contributed by atoms with Crippen LogP contribution in [0.3, 0.4) is 0 Å². The molecule has 7 atom stereocenters. The van der Waals surface area contributed by atoms with E-state index in [-0.39, 0.29) is 45.6 Å². The maximum absolute atomic E-state index is 16.2. The zero-order valence-electron chi connectivity index (χ0n) is 63.2. The lowest BCUT2D eigenvalue weighted by atomic mass is 9.68. The second-order valence-corrected chi connectivity index (χ2v) is 33.4. The molecule has 5 aliphatic rings. The minimum atomic E-state index is -2.92. The van der Waals surface area contributed by atoms with Crippen LogP contribution in [0.2, 0.25) is 0 Å². The molecule has 18 heteroatoms. The lowest BCUT2D eigenvalue weighted by Gasteiger charge is -2.42. The Morgan fingerprint density at radius 2 is 0.913 bits per heavy atom. The van der Waals surface area contributed by atoms with Crippen LogP contribution in [0.15, 0.2) is 0 Å². The van der Waals surface area contributed by atoms with E-state index >= 15 is 13.2 Å². The lowest BCUT2D eigenvalue weighted by Crippen LogP contribution is -2.51. The third-order valence-corrected chi connectivity index (χ3v) is 24.9. The summed E-state index contributed by atoms with van der Waals surface area (Å²) in [5.74, 6) is -0.795. The number of alkyl halides is 3. The number of halogens is 3. The second kappa shape index (κ2) is 29.9. The Morgan fingerprint density at radius 3 is 1.42 bits per heavy atom. The minimum Gasteiger partial charge on any atom is -0.377 e. The van der Waals surface area contributed by atoms with Gasteiger partial charge in [-0.05, 0) is 207 Å². The Balaban J connectivity index is 0.000000195.